The minimum atomic E-state index is -0.473. The molecule has 4 nitrogen and oxygen atoms in total. The first-order valence-corrected chi connectivity index (χ1v) is 10.3. The number of nitrogens with zero attached hydrogens (tertiary/aromatic N) is 1. The molecule has 1 aliphatic heterocycles. The Bertz CT molecular complexity index is 1050. The fourth-order valence-electron chi connectivity index (χ4n) is 3.63. The van der Waals surface area contributed by atoms with Crippen LogP contribution in [-0.4, -0.2) is 30.4 Å². The van der Waals surface area contributed by atoms with Gasteiger partial charge in [-0.3, -0.25) is 4.98 Å². The molecule has 3 aromatic rings. The van der Waals surface area contributed by atoms with Crippen LogP contribution in [0.2, 0.25) is 0 Å². The summed E-state index contributed by atoms with van der Waals surface area (Å²) in [5.74, 6) is 0.852. The minimum Gasteiger partial charge on any atom is -0.496 e. The Labute approximate surface area is 179 Å². The van der Waals surface area contributed by atoms with Crippen LogP contribution in [0.5, 0.6) is 5.75 Å². The van der Waals surface area contributed by atoms with Crippen molar-refractivity contribution in [1.82, 2.24) is 4.98 Å². The summed E-state index contributed by atoms with van der Waals surface area (Å²) in [4.78, 5) is 4.76. The van der Waals surface area contributed by atoms with Crippen LogP contribution in [0, 0.1) is 6.92 Å². The molecule has 4 rings (SSSR count). The molecule has 1 aliphatic rings. The maximum atomic E-state index is 6.33. The summed E-state index contributed by atoms with van der Waals surface area (Å²) in [6, 6.07) is 18.6. The topological polar surface area (TPSA) is 40.6 Å². The molecule has 30 heavy (non-hydrogen) atoms. The van der Waals surface area contributed by atoms with Gasteiger partial charge in [0.1, 0.15) is 5.75 Å². The number of hydrogen-bond acceptors (Lipinski definition) is 4. The van der Waals surface area contributed by atoms with Crippen LogP contribution in [0.3, 0.4) is 0 Å². The lowest BCUT2D eigenvalue weighted by Crippen LogP contribution is -2.41. The third-order valence-electron chi connectivity index (χ3n) is 6.23. The third kappa shape index (κ3) is 3.64. The Kier molecular flexibility index (Phi) is 5.21. The lowest BCUT2D eigenvalue weighted by Gasteiger charge is -2.32. The Balaban J connectivity index is 1.83. The van der Waals surface area contributed by atoms with Gasteiger partial charge in [-0.05, 0) is 63.4 Å². The molecular formula is C25H28BNO3. The molecule has 0 amide bonds. The number of aromatic nitrogens is 1. The van der Waals surface area contributed by atoms with E-state index in [0.29, 0.717) is 0 Å². The van der Waals surface area contributed by atoms with Gasteiger partial charge in [-0.2, -0.15) is 0 Å². The number of benzene rings is 2. The van der Waals surface area contributed by atoms with E-state index < -0.39 is 18.3 Å². The first-order valence-electron chi connectivity index (χ1n) is 10.3. The Morgan fingerprint density at radius 3 is 2.17 bits per heavy atom. The molecule has 5 heteroatoms. The highest BCUT2D eigenvalue weighted by molar-refractivity contribution is 6.63. The number of methoxy groups -OCH3 is 1. The van der Waals surface area contributed by atoms with E-state index in [0.717, 1.165) is 39.2 Å². The average Bonchev–Trinajstić information content (AvgIpc) is 2.95. The lowest BCUT2D eigenvalue weighted by atomic mass is 9.75. The third-order valence-corrected chi connectivity index (χ3v) is 6.23. The SMILES string of the molecule is COc1cc(-c2cc(-c3ccccc3)c(B3OC(C)(C)C(C)(C)O3)cn2)ccc1C. The number of rotatable bonds is 4. The fourth-order valence-corrected chi connectivity index (χ4v) is 3.63. The van der Waals surface area contributed by atoms with E-state index in [1.807, 2.05) is 37.4 Å². The molecular weight excluding hydrogens is 373 g/mol. The average molecular weight is 401 g/mol. The first-order chi connectivity index (χ1) is 14.2. The maximum absolute atomic E-state index is 6.33. The van der Waals surface area contributed by atoms with Crippen LogP contribution < -0.4 is 10.2 Å². The number of aryl methyl sites for hydroxylation is 1. The van der Waals surface area contributed by atoms with Gasteiger partial charge in [0.25, 0.3) is 0 Å². The highest BCUT2D eigenvalue weighted by Crippen LogP contribution is 2.37. The zero-order chi connectivity index (χ0) is 21.5. The van der Waals surface area contributed by atoms with Gasteiger partial charge in [0.05, 0.1) is 24.0 Å². The summed E-state index contributed by atoms with van der Waals surface area (Å²) < 4.78 is 18.2. The molecule has 1 saturated heterocycles. The standard InChI is InChI=1S/C25H28BNO3/c1-17-12-13-19(14-23(17)28-6)22-15-20(18-10-8-7-9-11-18)21(16-27-22)26-29-24(2,3)25(4,5)30-26/h7-16H,1-6H3. The van der Waals surface area contributed by atoms with Crippen molar-refractivity contribution in [3.63, 3.8) is 0 Å². The molecule has 0 N–H and O–H groups in total. The van der Waals surface area contributed by atoms with Gasteiger partial charge in [-0.25, -0.2) is 0 Å². The van der Waals surface area contributed by atoms with Crippen LogP contribution >= 0.6 is 0 Å². The quantitative estimate of drug-likeness (QED) is 0.575. The fraction of sp³-hybridized carbons (Fsp3) is 0.320. The zero-order valence-electron chi connectivity index (χ0n) is 18.5. The predicted octanol–water partition coefficient (Wildman–Crippen LogP) is 5.03. The van der Waals surface area contributed by atoms with Crippen molar-refractivity contribution >= 4 is 12.6 Å². The second-order valence-corrected chi connectivity index (χ2v) is 8.80. The minimum absolute atomic E-state index is 0.408. The van der Waals surface area contributed by atoms with Crippen molar-refractivity contribution in [2.24, 2.45) is 0 Å². The zero-order valence-corrected chi connectivity index (χ0v) is 18.5. The van der Waals surface area contributed by atoms with Crippen LogP contribution in [0.25, 0.3) is 22.4 Å². The summed E-state index contributed by atoms with van der Waals surface area (Å²) in [7, 11) is 1.22. The number of hydrogen-bond donors (Lipinski definition) is 0. The van der Waals surface area contributed by atoms with Crippen molar-refractivity contribution in [3.05, 3.63) is 66.4 Å². The maximum Gasteiger partial charge on any atom is 0.497 e. The van der Waals surface area contributed by atoms with Gasteiger partial charge >= 0.3 is 7.12 Å². The van der Waals surface area contributed by atoms with Crippen LogP contribution in [0.15, 0.2) is 60.8 Å². The van der Waals surface area contributed by atoms with Gasteiger partial charge in [0.15, 0.2) is 0 Å². The van der Waals surface area contributed by atoms with Gasteiger partial charge in [-0.1, -0.05) is 42.5 Å². The van der Waals surface area contributed by atoms with E-state index in [4.69, 9.17) is 19.0 Å². The molecule has 0 saturated carbocycles. The highest BCUT2D eigenvalue weighted by Gasteiger charge is 2.52. The van der Waals surface area contributed by atoms with Crippen molar-refractivity contribution in [2.75, 3.05) is 7.11 Å². The summed E-state index contributed by atoms with van der Waals surface area (Å²) in [5, 5.41) is 0. The Hall–Kier alpha value is -2.63. The molecule has 154 valence electrons. The van der Waals surface area contributed by atoms with E-state index >= 15 is 0 Å². The summed E-state index contributed by atoms with van der Waals surface area (Å²) in [6.07, 6.45) is 1.88. The molecule has 0 spiro atoms. The van der Waals surface area contributed by atoms with Crippen molar-refractivity contribution in [2.45, 2.75) is 45.8 Å². The van der Waals surface area contributed by atoms with Gasteiger partial charge in [0.2, 0.25) is 0 Å². The van der Waals surface area contributed by atoms with Gasteiger partial charge in [-0.15, -0.1) is 0 Å². The summed E-state index contributed by atoms with van der Waals surface area (Å²) in [5.41, 5.74) is 5.26. The van der Waals surface area contributed by atoms with Crippen LogP contribution in [0.1, 0.15) is 33.3 Å². The number of pyridine rings is 1. The molecule has 0 radical (unpaired) electrons. The van der Waals surface area contributed by atoms with E-state index in [1.54, 1.807) is 7.11 Å². The lowest BCUT2D eigenvalue weighted by molar-refractivity contribution is 0.00578. The normalized spacial score (nSPS) is 17.2. The monoisotopic (exact) mass is 401 g/mol. The van der Waals surface area contributed by atoms with Gasteiger partial charge < -0.3 is 14.0 Å². The molecule has 2 heterocycles. The second kappa shape index (κ2) is 7.57. The molecule has 0 aliphatic carbocycles. The molecule has 1 fully saturated rings. The predicted molar refractivity (Wildman–Crippen MR) is 122 cm³/mol. The molecule has 0 bridgehead atoms. The molecule has 2 aromatic carbocycles. The Morgan fingerprint density at radius 1 is 0.867 bits per heavy atom. The highest BCUT2D eigenvalue weighted by atomic mass is 16.7. The van der Waals surface area contributed by atoms with Crippen molar-refractivity contribution in [3.8, 4) is 28.1 Å². The molecule has 0 atom stereocenters. The van der Waals surface area contributed by atoms with Crippen molar-refractivity contribution in [1.29, 1.82) is 0 Å². The van der Waals surface area contributed by atoms with Crippen LogP contribution in [-0.2, 0) is 9.31 Å². The first kappa shape index (κ1) is 20.6. The van der Waals surface area contributed by atoms with Crippen LogP contribution in [0.4, 0.5) is 0 Å². The van der Waals surface area contributed by atoms with E-state index in [9.17, 15) is 0 Å². The molecule has 0 unspecified atom stereocenters. The van der Waals surface area contributed by atoms with Crippen molar-refractivity contribution < 1.29 is 14.0 Å². The summed E-state index contributed by atoms with van der Waals surface area (Å²) in [6.45, 7) is 10.3. The Morgan fingerprint density at radius 2 is 1.53 bits per heavy atom. The second-order valence-electron chi connectivity index (χ2n) is 8.80. The molecule has 1 aromatic heterocycles. The number of ether oxygens (including phenoxy) is 1. The van der Waals surface area contributed by atoms with E-state index in [2.05, 4.69) is 58.0 Å². The van der Waals surface area contributed by atoms with E-state index in [-0.39, 0.29) is 0 Å². The smallest absolute Gasteiger partial charge is 0.496 e. The largest absolute Gasteiger partial charge is 0.497 e. The van der Waals surface area contributed by atoms with Gasteiger partial charge in [0, 0.05) is 17.2 Å². The summed E-state index contributed by atoms with van der Waals surface area (Å²) >= 11 is 0. The van der Waals surface area contributed by atoms with E-state index in [1.165, 1.54) is 0 Å².